The number of hydrogen-bond acceptors (Lipinski definition) is 3. The van der Waals surface area contributed by atoms with Crippen LogP contribution in [0.4, 0.5) is 10.1 Å². The second-order valence-electron chi connectivity index (χ2n) is 4.87. The first kappa shape index (κ1) is 13.4. The lowest BCUT2D eigenvalue weighted by Gasteiger charge is -2.11. The molecule has 0 atom stereocenters. The van der Waals surface area contributed by atoms with Crippen LogP contribution in [0.2, 0.25) is 0 Å². The van der Waals surface area contributed by atoms with E-state index in [0.717, 1.165) is 16.8 Å². The zero-order chi connectivity index (χ0) is 14.8. The number of halogens is 1. The Labute approximate surface area is 121 Å². The largest absolute Gasteiger partial charge is 0.497 e. The van der Waals surface area contributed by atoms with Gasteiger partial charge in [0.1, 0.15) is 11.6 Å². The van der Waals surface area contributed by atoms with Gasteiger partial charge in [-0.3, -0.25) is 4.79 Å². The van der Waals surface area contributed by atoms with E-state index in [-0.39, 0.29) is 11.7 Å². The maximum atomic E-state index is 13.4. The second-order valence-corrected chi connectivity index (χ2v) is 4.87. The van der Waals surface area contributed by atoms with Gasteiger partial charge in [0.25, 0.3) is 5.91 Å². The van der Waals surface area contributed by atoms with Crippen LogP contribution < -0.4 is 15.4 Å². The van der Waals surface area contributed by atoms with Gasteiger partial charge in [-0.25, -0.2) is 4.39 Å². The Kier molecular flexibility index (Phi) is 3.48. The molecule has 4 nitrogen and oxygen atoms in total. The number of methoxy groups -OCH3 is 1. The number of carbonyl (C=O) groups excluding carboxylic acids is 1. The van der Waals surface area contributed by atoms with Gasteiger partial charge in [-0.05, 0) is 29.8 Å². The summed E-state index contributed by atoms with van der Waals surface area (Å²) in [6.45, 7) is 0.975. The van der Waals surface area contributed by atoms with Gasteiger partial charge in [0.2, 0.25) is 0 Å². The van der Waals surface area contributed by atoms with Crippen LogP contribution in [0.5, 0.6) is 5.75 Å². The number of benzene rings is 2. The molecule has 21 heavy (non-hydrogen) atoms. The van der Waals surface area contributed by atoms with Crippen molar-refractivity contribution < 1.29 is 13.9 Å². The Hall–Kier alpha value is -2.56. The molecule has 0 fully saturated rings. The van der Waals surface area contributed by atoms with Crippen LogP contribution in [0, 0.1) is 5.82 Å². The topological polar surface area (TPSA) is 50.4 Å². The van der Waals surface area contributed by atoms with E-state index in [1.165, 1.54) is 19.2 Å². The highest BCUT2D eigenvalue weighted by Gasteiger charge is 2.20. The maximum absolute atomic E-state index is 13.4. The normalized spacial score (nSPS) is 12.8. The number of amides is 1. The standard InChI is InChI=1S/C16H15FN2O2/c1-21-12-6-10(5-11(17)7-12)8-18-15-4-2-3-13-14(15)9-19-16(13)20/h2-7,18H,8-9H2,1H3,(H,19,20). The molecule has 3 rings (SSSR count). The molecule has 0 bridgehead atoms. The molecular weight excluding hydrogens is 271 g/mol. The molecule has 1 aliphatic heterocycles. The van der Waals surface area contributed by atoms with Gasteiger partial charge in [-0.1, -0.05) is 6.07 Å². The molecule has 0 saturated heterocycles. The van der Waals surface area contributed by atoms with Crippen LogP contribution in [0.1, 0.15) is 21.5 Å². The van der Waals surface area contributed by atoms with Gasteiger partial charge in [-0.15, -0.1) is 0 Å². The Balaban J connectivity index is 1.80. The molecule has 2 aromatic carbocycles. The van der Waals surface area contributed by atoms with Crippen molar-refractivity contribution >= 4 is 11.6 Å². The fourth-order valence-electron chi connectivity index (χ4n) is 2.46. The molecule has 2 N–H and O–H groups in total. The van der Waals surface area contributed by atoms with Crippen molar-refractivity contribution in [3.63, 3.8) is 0 Å². The molecule has 1 heterocycles. The van der Waals surface area contributed by atoms with E-state index in [9.17, 15) is 9.18 Å². The summed E-state index contributed by atoms with van der Waals surface area (Å²) in [6, 6.07) is 10.1. The number of ether oxygens (including phenoxy) is 1. The van der Waals surface area contributed by atoms with Crippen molar-refractivity contribution in [2.75, 3.05) is 12.4 Å². The lowest BCUT2D eigenvalue weighted by atomic mass is 10.1. The first-order valence-corrected chi connectivity index (χ1v) is 6.65. The summed E-state index contributed by atoms with van der Waals surface area (Å²) in [6.07, 6.45) is 0. The highest BCUT2D eigenvalue weighted by Crippen LogP contribution is 2.25. The van der Waals surface area contributed by atoms with Gasteiger partial charge in [0.05, 0.1) is 7.11 Å². The molecule has 0 spiro atoms. The minimum absolute atomic E-state index is 0.0546. The molecule has 108 valence electrons. The summed E-state index contributed by atoms with van der Waals surface area (Å²) in [7, 11) is 1.51. The van der Waals surface area contributed by atoms with Crippen LogP contribution in [0.3, 0.4) is 0 Å². The quantitative estimate of drug-likeness (QED) is 0.908. The summed E-state index contributed by atoms with van der Waals surface area (Å²) in [5, 5.41) is 6.04. The predicted octanol–water partition coefficient (Wildman–Crippen LogP) is 2.69. The Morgan fingerprint density at radius 1 is 1.33 bits per heavy atom. The third-order valence-corrected chi connectivity index (χ3v) is 3.50. The SMILES string of the molecule is COc1cc(F)cc(CNc2cccc3c2CNC3=O)c1. The Morgan fingerprint density at radius 2 is 2.19 bits per heavy atom. The summed E-state index contributed by atoms with van der Waals surface area (Å²) < 4.78 is 18.5. The van der Waals surface area contributed by atoms with E-state index in [1.54, 1.807) is 12.1 Å². The lowest BCUT2D eigenvalue weighted by molar-refractivity contribution is 0.0966. The van der Waals surface area contributed by atoms with Crippen molar-refractivity contribution in [1.82, 2.24) is 5.32 Å². The van der Waals surface area contributed by atoms with Crippen molar-refractivity contribution in [3.8, 4) is 5.75 Å². The van der Waals surface area contributed by atoms with E-state index in [0.29, 0.717) is 24.4 Å². The van der Waals surface area contributed by atoms with Crippen LogP contribution in [0.25, 0.3) is 0 Å². The summed E-state index contributed by atoms with van der Waals surface area (Å²) >= 11 is 0. The smallest absolute Gasteiger partial charge is 0.251 e. The molecule has 0 radical (unpaired) electrons. The van der Waals surface area contributed by atoms with E-state index < -0.39 is 0 Å². The summed E-state index contributed by atoms with van der Waals surface area (Å²) in [4.78, 5) is 11.6. The Bertz CT molecular complexity index is 701. The average molecular weight is 286 g/mol. The van der Waals surface area contributed by atoms with Crippen LogP contribution >= 0.6 is 0 Å². The first-order valence-electron chi connectivity index (χ1n) is 6.65. The maximum Gasteiger partial charge on any atom is 0.251 e. The van der Waals surface area contributed by atoms with Gasteiger partial charge in [-0.2, -0.15) is 0 Å². The minimum Gasteiger partial charge on any atom is -0.497 e. The molecule has 0 aliphatic carbocycles. The van der Waals surface area contributed by atoms with Crippen molar-refractivity contribution in [2.24, 2.45) is 0 Å². The second kappa shape index (κ2) is 5.44. The highest BCUT2D eigenvalue weighted by molar-refractivity contribution is 5.99. The molecular formula is C16H15FN2O2. The van der Waals surface area contributed by atoms with Crippen molar-refractivity contribution in [1.29, 1.82) is 0 Å². The number of carbonyl (C=O) groups is 1. The average Bonchev–Trinajstić information content (AvgIpc) is 2.87. The van der Waals surface area contributed by atoms with E-state index >= 15 is 0 Å². The van der Waals surface area contributed by atoms with E-state index in [4.69, 9.17) is 4.74 Å². The molecule has 5 heteroatoms. The molecule has 0 unspecified atom stereocenters. The van der Waals surface area contributed by atoms with Crippen LogP contribution in [-0.4, -0.2) is 13.0 Å². The van der Waals surface area contributed by atoms with Gasteiger partial charge < -0.3 is 15.4 Å². The van der Waals surface area contributed by atoms with Crippen molar-refractivity contribution in [3.05, 3.63) is 58.9 Å². The van der Waals surface area contributed by atoms with E-state index in [2.05, 4.69) is 10.6 Å². The Morgan fingerprint density at radius 3 is 3.00 bits per heavy atom. The highest BCUT2D eigenvalue weighted by atomic mass is 19.1. The summed E-state index contributed by atoms with van der Waals surface area (Å²) in [5.41, 5.74) is 3.30. The fourth-order valence-corrected chi connectivity index (χ4v) is 2.46. The number of anilines is 1. The number of fused-ring (bicyclic) bond motifs is 1. The number of nitrogens with one attached hydrogen (secondary N) is 2. The fraction of sp³-hybridized carbons (Fsp3) is 0.188. The minimum atomic E-state index is -0.332. The van der Waals surface area contributed by atoms with Gasteiger partial charge >= 0.3 is 0 Å². The number of hydrogen-bond donors (Lipinski definition) is 2. The van der Waals surface area contributed by atoms with Gasteiger partial charge in [0.15, 0.2) is 0 Å². The first-order chi connectivity index (χ1) is 10.2. The molecule has 1 aliphatic rings. The lowest BCUT2D eigenvalue weighted by Crippen LogP contribution is -2.12. The van der Waals surface area contributed by atoms with Gasteiger partial charge in [0, 0.05) is 36.0 Å². The molecule has 0 saturated carbocycles. The zero-order valence-corrected chi connectivity index (χ0v) is 11.6. The van der Waals surface area contributed by atoms with E-state index in [1.807, 2.05) is 12.1 Å². The monoisotopic (exact) mass is 286 g/mol. The van der Waals surface area contributed by atoms with Crippen LogP contribution in [0.15, 0.2) is 36.4 Å². The zero-order valence-electron chi connectivity index (χ0n) is 11.6. The third kappa shape index (κ3) is 2.67. The molecule has 0 aromatic heterocycles. The van der Waals surface area contributed by atoms with Crippen LogP contribution in [-0.2, 0) is 13.1 Å². The third-order valence-electron chi connectivity index (χ3n) is 3.50. The molecule has 2 aromatic rings. The predicted molar refractivity (Wildman–Crippen MR) is 77.9 cm³/mol. The molecule has 1 amide bonds. The summed E-state index contributed by atoms with van der Waals surface area (Å²) in [5.74, 6) is 0.101. The van der Waals surface area contributed by atoms with Crippen molar-refractivity contribution in [2.45, 2.75) is 13.1 Å². The number of rotatable bonds is 4.